The third kappa shape index (κ3) is 5.20. The van der Waals surface area contributed by atoms with Gasteiger partial charge in [0.25, 0.3) is 0 Å². The van der Waals surface area contributed by atoms with Crippen LogP contribution in [0.15, 0.2) is 47.0 Å². The fraction of sp³-hybridized carbons (Fsp3) is 0.316. The number of hydrogen-bond donors (Lipinski definition) is 1. The van der Waals surface area contributed by atoms with Gasteiger partial charge in [-0.05, 0) is 17.7 Å². The van der Waals surface area contributed by atoms with Crippen molar-refractivity contribution in [2.75, 3.05) is 26.7 Å². The second-order valence-electron chi connectivity index (χ2n) is 6.59. The lowest BCUT2D eigenvalue weighted by Crippen LogP contribution is -2.54. The molecule has 0 spiro atoms. The van der Waals surface area contributed by atoms with Crippen LogP contribution in [-0.2, 0) is 17.9 Å². The zero-order valence-electron chi connectivity index (χ0n) is 15.9. The molecule has 0 bridgehead atoms. The largest absolute Gasteiger partial charge is 0.351 e. The number of nitrogens with zero attached hydrogens (tertiary/aromatic N) is 5. The summed E-state index contributed by atoms with van der Waals surface area (Å²) in [6.45, 7) is 2.87. The Bertz CT molecular complexity index is 973. The molecule has 0 radical (unpaired) electrons. The number of fused-ring (bicyclic) bond motifs is 1. The first-order valence-corrected chi connectivity index (χ1v) is 10.3. The van der Waals surface area contributed by atoms with Crippen LogP contribution in [-0.4, -0.2) is 57.7 Å². The Morgan fingerprint density at radius 3 is 2.79 bits per heavy atom. The number of guanidine groups is 1. The molecule has 2 aromatic heterocycles. The molecule has 0 aliphatic carbocycles. The van der Waals surface area contributed by atoms with E-state index in [0.717, 1.165) is 28.7 Å². The predicted molar refractivity (Wildman–Crippen MR) is 127 cm³/mol. The van der Waals surface area contributed by atoms with Gasteiger partial charge in [0.15, 0.2) is 10.9 Å². The van der Waals surface area contributed by atoms with E-state index in [1.807, 2.05) is 56.2 Å². The van der Waals surface area contributed by atoms with E-state index in [9.17, 15) is 4.79 Å². The van der Waals surface area contributed by atoms with Crippen molar-refractivity contribution in [3.05, 3.63) is 58.3 Å². The van der Waals surface area contributed by atoms with Crippen LogP contribution in [0.1, 0.15) is 11.3 Å². The topological polar surface area (TPSA) is 65.2 Å². The second kappa shape index (κ2) is 9.77. The van der Waals surface area contributed by atoms with Crippen LogP contribution in [0, 0.1) is 0 Å². The molecule has 0 unspecified atom stereocenters. The average molecular weight is 545 g/mol. The number of hydrogen-bond acceptors (Lipinski definition) is 4. The third-order valence-electron chi connectivity index (χ3n) is 4.69. The molecule has 1 aliphatic heterocycles. The number of nitrogens with one attached hydrogen (secondary N) is 1. The van der Waals surface area contributed by atoms with Gasteiger partial charge in [0.05, 0.1) is 18.8 Å². The number of piperazine rings is 1. The summed E-state index contributed by atoms with van der Waals surface area (Å²) in [5, 5.41) is 6.03. The number of benzene rings is 1. The molecule has 1 amide bonds. The number of carbonyl (C=O) groups excluding carboxylic acids is 1. The summed E-state index contributed by atoms with van der Waals surface area (Å²) >= 11 is 7.53. The van der Waals surface area contributed by atoms with Gasteiger partial charge in [-0.25, -0.2) is 4.98 Å². The molecular formula is C19H22ClIN6OS. The monoisotopic (exact) mass is 544 g/mol. The SMILES string of the molecule is CN=C(NCc1cn2ccsc2n1)N1CCN(Cc2ccc(Cl)cc2)C(=O)C1.I. The number of aromatic nitrogens is 2. The van der Waals surface area contributed by atoms with Gasteiger partial charge in [-0.2, -0.15) is 0 Å². The molecule has 1 aromatic carbocycles. The number of amides is 1. The Labute approximate surface area is 195 Å². The summed E-state index contributed by atoms with van der Waals surface area (Å²) in [5.41, 5.74) is 2.02. The molecular weight excluding hydrogens is 523 g/mol. The molecule has 4 rings (SSSR count). The van der Waals surface area contributed by atoms with Gasteiger partial charge in [0, 0.05) is 49.5 Å². The Hall–Kier alpha value is -1.85. The first kappa shape index (κ1) is 21.8. The molecule has 7 nitrogen and oxygen atoms in total. The average Bonchev–Trinajstić information content (AvgIpc) is 3.28. The summed E-state index contributed by atoms with van der Waals surface area (Å²) in [6, 6.07) is 7.61. The fourth-order valence-corrected chi connectivity index (χ4v) is 4.07. The van der Waals surface area contributed by atoms with E-state index in [0.29, 0.717) is 31.2 Å². The van der Waals surface area contributed by atoms with Crippen LogP contribution in [0.25, 0.3) is 4.96 Å². The number of carbonyl (C=O) groups is 1. The van der Waals surface area contributed by atoms with Gasteiger partial charge in [0.1, 0.15) is 0 Å². The lowest BCUT2D eigenvalue weighted by atomic mass is 10.2. The zero-order chi connectivity index (χ0) is 19.5. The highest BCUT2D eigenvalue weighted by Crippen LogP contribution is 2.14. The van der Waals surface area contributed by atoms with Gasteiger partial charge in [-0.3, -0.25) is 14.2 Å². The fourth-order valence-electron chi connectivity index (χ4n) is 3.23. The Morgan fingerprint density at radius 1 is 1.31 bits per heavy atom. The maximum Gasteiger partial charge on any atom is 0.242 e. The molecule has 154 valence electrons. The zero-order valence-corrected chi connectivity index (χ0v) is 19.8. The van der Waals surface area contributed by atoms with Crippen LogP contribution >= 0.6 is 46.9 Å². The molecule has 29 heavy (non-hydrogen) atoms. The van der Waals surface area contributed by atoms with Crippen LogP contribution in [0.2, 0.25) is 5.02 Å². The van der Waals surface area contributed by atoms with Crippen molar-refractivity contribution < 1.29 is 4.79 Å². The number of imidazole rings is 1. The highest BCUT2D eigenvalue weighted by atomic mass is 127. The minimum Gasteiger partial charge on any atom is -0.351 e. The molecule has 0 saturated carbocycles. The van der Waals surface area contributed by atoms with E-state index >= 15 is 0 Å². The first-order chi connectivity index (χ1) is 13.6. The van der Waals surface area contributed by atoms with Crippen molar-refractivity contribution in [1.29, 1.82) is 0 Å². The Morgan fingerprint density at radius 2 is 2.10 bits per heavy atom. The summed E-state index contributed by atoms with van der Waals surface area (Å²) in [4.78, 5) is 26.3. The number of thiazole rings is 1. The van der Waals surface area contributed by atoms with Crippen molar-refractivity contribution in [1.82, 2.24) is 24.5 Å². The third-order valence-corrected chi connectivity index (χ3v) is 5.71. The van der Waals surface area contributed by atoms with Gasteiger partial charge >= 0.3 is 0 Å². The van der Waals surface area contributed by atoms with Crippen molar-refractivity contribution in [2.45, 2.75) is 13.1 Å². The van der Waals surface area contributed by atoms with Crippen LogP contribution in [0.3, 0.4) is 0 Å². The van der Waals surface area contributed by atoms with Crippen molar-refractivity contribution >= 4 is 63.7 Å². The van der Waals surface area contributed by atoms with E-state index in [4.69, 9.17) is 11.6 Å². The molecule has 1 aliphatic rings. The van der Waals surface area contributed by atoms with Gasteiger partial charge in [-0.15, -0.1) is 35.3 Å². The van der Waals surface area contributed by atoms with E-state index < -0.39 is 0 Å². The van der Waals surface area contributed by atoms with E-state index in [2.05, 4.69) is 15.3 Å². The molecule has 1 fully saturated rings. The Kier molecular flexibility index (Phi) is 7.36. The van der Waals surface area contributed by atoms with Crippen molar-refractivity contribution in [2.24, 2.45) is 4.99 Å². The van der Waals surface area contributed by atoms with Gasteiger partial charge in [0.2, 0.25) is 5.91 Å². The molecule has 0 atom stereocenters. The molecule has 10 heteroatoms. The van der Waals surface area contributed by atoms with Gasteiger partial charge < -0.3 is 15.1 Å². The van der Waals surface area contributed by atoms with Crippen molar-refractivity contribution in [3.8, 4) is 0 Å². The van der Waals surface area contributed by atoms with Crippen molar-refractivity contribution in [3.63, 3.8) is 0 Å². The van der Waals surface area contributed by atoms with Crippen LogP contribution in [0.4, 0.5) is 0 Å². The molecule has 3 heterocycles. The number of rotatable bonds is 4. The lowest BCUT2D eigenvalue weighted by molar-refractivity contribution is -0.135. The van der Waals surface area contributed by atoms with Gasteiger partial charge in [-0.1, -0.05) is 23.7 Å². The number of aliphatic imine (C=N–C) groups is 1. The summed E-state index contributed by atoms with van der Waals surface area (Å²) < 4.78 is 2.00. The second-order valence-corrected chi connectivity index (χ2v) is 7.90. The minimum absolute atomic E-state index is 0. The summed E-state index contributed by atoms with van der Waals surface area (Å²) in [7, 11) is 1.73. The summed E-state index contributed by atoms with van der Waals surface area (Å²) in [5.74, 6) is 0.808. The minimum atomic E-state index is 0. The van der Waals surface area contributed by atoms with Crippen LogP contribution < -0.4 is 5.32 Å². The highest BCUT2D eigenvalue weighted by Gasteiger charge is 2.26. The maximum atomic E-state index is 12.6. The highest BCUT2D eigenvalue weighted by molar-refractivity contribution is 14.0. The molecule has 1 saturated heterocycles. The normalized spacial score (nSPS) is 15.0. The van der Waals surface area contributed by atoms with E-state index in [1.165, 1.54) is 0 Å². The van der Waals surface area contributed by atoms with E-state index in [-0.39, 0.29) is 29.9 Å². The Balaban J connectivity index is 0.00000240. The smallest absolute Gasteiger partial charge is 0.242 e. The standard InChI is InChI=1S/C19H21ClN6OS.HI/c1-21-18(22-10-16-12-26-8-9-28-19(26)23-16)25-7-6-24(17(27)13-25)11-14-2-4-15(20)5-3-14;/h2-5,8-9,12H,6-7,10-11,13H2,1H3,(H,21,22);1H. The van der Waals surface area contributed by atoms with Crippen LogP contribution in [0.5, 0.6) is 0 Å². The lowest BCUT2D eigenvalue weighted by Gasteiger charge is -2.36. The predicted octanol–water partition coefficient (Wildman–Crippen LogP) is 3.09. The molecule has 1 N–H and O–H groups in total. The van der Waals surface area contributed by atoms with E-state index in [1.54, 1.807) is 18.4 Å². The maximum absolute atomic E-state index is 12.6. The first-order valence-electron chi connectivity index (χ1n) is 9.01. The molecule has 3 aromatic rings. The number of halogens is 2. The quantitative estimate of drug-likeness (QED) is 0.312. The summed E-state index contributed by atoms with van der Waals surface area (Å²) in [6.07, 6.45) is 3.99.